The van der Waals surface area contributed by atoms with Crippen LogP contribution in [0.25, 0.3) is 0 Å². The van der Waals surface area contributed by atoms with E-state index in [1.54, 1.807) is 0 Å². The standard InChI is InChI=1S/C10H14N2O2/c1-7-8(6-11)4-3-5-9(7)12-10(13)14-2/h3-5H,6,11H2,1-2H3,(H,12,13). The van der Waals surface area contributed by atoms with Gasteiger partial charge in [-0.05, 0) is 24.1 Å². The molecule has 0 unspecified atom stereocenters. The number of carbonyl (C=O) groups excluding carboxylic acids is 1. The van der Waals surface area contributed by atoms with Gasteiger partial charge in [0.05, 0.1) is 7.11 Å². The Balaban J connectivity index is 2.92. The van der Waals surface area contributed by atoms with E-state index in [0.717, 1.165) is 16.8 Å². The summed E-state index contributed by atoms with van der Waals surface area (Å²) in [7, 11) is 1.33. The van der Waals surface area contributed by atoms with Gasteiger partial charge in [-0.3, -0.25) is 5.32 Å². The monoisotopic (exact) mass is 194 g/mol. The second kappa shape index (κ2) is 4.62. The third kappa shape index (κ3) is 2.23. The van der Waals surface area contributed by atoms with Crippen LogP contribution in [0.3, 0.4) is 0 Å². The number of hydrogen-bond donors (Lipinski definition) is 2. The zero-order valence-corrected chi connectivity index (χ0v) is 8.33. The topological polar surface area (TPSA) is 64.3 Å². The van der Waals surface area contributed by atoms with Crippen LogP contribution in [0.1, 0.15) is 11.1 Å². The van der Waals surface area contributed by atoms with Crippen molar-refractivity contribution in [3.05, 3.63) is 29.3 Å². The lowest BCUT2D eigenvalue weighted by Crippen LogP contribution is -2.13. The molecule has 76 valence electrons. The lowest BCUT2D eigenvalue weighted by atomic mass is 10.1. The van der Waals surface area contributed by atoms with Gasteiger partial charge >= 0.3 is 6.09 Å². The van der Waals surface area contributed by atoms with Gasteiger partial charge in [0.25, 0.3) is 0 Å². The summed E-state index contributed by atoms with van der Waals surface area (Å²) in [6.45, 7) is 2.37. The fraction of sp³-hybridized carbons (Fsp3) is 0.300. The van der Waals surface area contributed by atoms with Crippen molar-refractivity contribution in [2.75, 3.05) is 12.4 Å². The molecule has 1 aromatic rings. The maximum atomic E-state index is 11.0. The summed E-state index contributed by atoms with van der Waals surface area (Å²) in [6, 6.07) is 5.59. The number of benzene rings is 1. The van der Waals surface area contributed by atoms with Crippen LogP contribution in [0.15, 0.2) is 18.2 Å². The molecule has 0 spiro atoms. The first kappa shape index (κ1) is 10.5. The van der Waals surface area contributed by atoms with Crippen LogP contribution >= 0.6 is 0 Å². The minimum atomic E-state index is -0.470. The van der Waals surface area contributed by atoms with E-state index in [1.165, 1.54) is 7.11 Å². The fourth-order valence-corrected chi connectivity index (χ4v) is 1.20. The molecule has 0 aliphatic carbocycles. The number of amides is 1. The summed E-state index contributed by atoms with van der Waals surface area (Å²) >= 11 is 0. The molecule has 4 nitrogen and oxygen atoms in total. The van der Waals surface area contributed by atoms with Gasteiger partial charge in [-0.15, -0.1) is 0 Å². The van der Waals surface area contributed by atoms with Crippen LogP contribution in [0, 0.1) is 6.92 Å². The number of nitrogens with one attached hydrogen (secondary N) is 1. The van der Waals surface area contributed by atoms with Crippen molar-refractivity contribution in [1.29, 1.82) is 0 Å². The molecule has 0 radical (unpaired) electrons. The molecule has 0 atom stereocenters. The van der Waals surface area contributed by atoms with Gasteiger partial charge in [-0.25, -0.2) is 4.79 Å². The van der Waals surface area contributed by atoms with E-state index >= 15 is 0 Å². The molecule has 0 fully saturated rings. The van der Waals surface area contributed by atoms with E-state index in [2.05, 4.69) is 10.1 Å². The lowest BCUT2D eigenvalue weighted by molar-refractivity contribution is 0.187. The van der Waals surface area contributed by atoms with Crippen molar-refractivity contribution >= 4 is 11.8 Å². The molecule has 1 rings (SSSR count). The second-order valence-corrected chi connectivity index (χ2v) is 2.91. The van der Waals surface area contributed by atoms with Gasteiger partial charge in [0.1, 0.15) is 0 Å². The molecule has 1 aromatic carbocycles. The fourth-order valence-electron chi connectivity index (χ4n) is 1.20. The second-order valence-electron chi connectivity index (χ2n) is 2.91. The molecule has 0 bridgehead atoms. The van der Waals surface area contributed by atoms with Gasteiger partial charge in [-0.2, -0.15) is 0 Å². The molecule has 3 N–H and O–H groups in total. The third-order valence-electron chi connectivity index (χ3n) is 2.09. The summed E-state index contributed by atoms with van der Waals surface area (Å²) in [5, 5.41) is 2.62. The van der Waals surface area contributed by atoms with Crippen molar-refractivity contribution in [2.24, 2.45) is 5.73 Å². The lowest BCUT2D eigenvalue weighted by Gasteiger charge is -2.10. The zero-order chi connectivity index (χ0) is 10.6. The number of rotatable bonds is 2. The van der Waals surface area contributed by atoms with Crippen molar-refractivity contribution in [3.8, 4) is 0 Å². The highest BCUT2D eigenvalue weighted by Gasteiger charge is 2.05. The Morgan fingerprint density at radius 2 is 2.29 bits per heavy atom. The third-order valence-corrected chi connectivity index (χ3v) is 2.09. The molecule has 0 saturated carbocycles. The summed E-state index contributed by atoms with van der Waals surface area (Å²) < 4.78 is 4.50. The smallest absolute Gasteiger partial charge is 0.411 e. The van der Waals surface area contributed by atoms with E-state index < -0.39 is 6.09 Å². The quantitative estimate of drug-likeness (QED) is 0.752. The molecule has 0 aromatic heterocycles. The van der Waals surface area contributed by atoms with Crippen LogP contribution in [0.2, 0.25) is 0 Å². The Hall–Kier alpha value is -1.55. The average Bonchev–Trinajstić information content (AvgIpc) is 2.21. The molecular formula is C10H14N2O2. The van der Waals surface area contributed by atoms with E-state index in [0.29, 0.717) is 6.54 Å². The molecule has 0 aliphatic heterocycles. The number of ether oxygens (including phenoxy) is 1. The van der Waals surface area contributed by atoms with Crippen LogP contribution in [0.4, 0.5) is 10.5 Å². The van der Waals surface area contributed by atoms with Gasteiger partial charge in [0.15, 0.2) is 0 Å². The highest BCUT2D eigenvalue weighted by atomic mass is 16.5. The Morgan fingerprint density at radius 1 is 1.57 bits per heavy atom. The maximum Gasteiger partial charge on any atom is 0.411 e. The number of methoxy groups -OCH3 is 1. The molecule has 14 heavy (non-hydrogen) atoms. The number of nitrogens with two attached hydrogens (primary N) is 1. The molecule has 0 heterocycles. The minimum absolute atomic E-state index is 0.461. The Bertz CT molecular complexity index is 337. The van der Waals surface area contributed by atoms with Crippen LogP contribution in [-0.4, -0.2) is 13.2 Å². The predicted molar refractivity (Wildman–Crippen MR) is 55.1 cm³/mol. The van der Waals surface area contributed by atoms with Gasteiger partial charge in [-0.1, -0.05) is 12.1 Å². The van der Waals surface area contributed by atoms with Crippen molar-refractivity contribution in [3.63, 3.8) is 0 Å². The molecule has 1 amide bonds. The zero-order valence-electron chi connectivity index (χ0n) is 8.33. The van der Waals surface area contributed by atoms with E-state index in [1.807, 2.05) is 25.1 Å². The first-order valence-electron chi connectivity index (χ1n) is 4.32. The maximum absolute atomic E-state index is 11.0. The van der Waals surface area contributed by atoms with Crippen LogP contribution in [-0.2, 0) is 11.3 Å². The van der Waals surface area contributed by atoms with Crippen molar-refractivity contribution < 1.29 is 9.53 Å². The van der Waals surface area contributed by atoms with Crippen LogP contribution < -0.4 is 11.1 Å². The highest BCUT2D eigenvalue weighted by Crippen LogP contribution is 2.18. The molecule has 0 aliphatic rings. The first-order valence-corrected chi connectivity index (χ1v) is 4.32. The molecule has 4 heteroatoms. The van der Waals surface area contributed by atoms with Gasteiger partial charge in [0.2, 0.25) is 0 Å². The van der Waals surface area contributed by atoms with Gasteiger partial charge < -0.3 is 10.5 Å². The largest absolute Gasteiger partial charge is 0.453 e. The van der Waals surface area contributed by atoms with Crippen molar-refractivity contribution in [1.82, 2.24) is 0 Å². The van der Waals surface area contributed by atoms with E-state index in [9.17, 15) is 4.79 Å². The van der Waals surface area contributed by atoms with Crippen molar-refractivity contribution in [2.45, 2.75) is 13.5 Å². The predicted octanol–water partition coefficient (Wildman–Crippen LogP) is 1.63. The number of carbonyl (C=O) groups is 1. The summed E-state index contributed by atoms with van der Waals surface area (Å²) in [6.07, 6.45) is -0.470. The Kier molecular flexibility index (Phi) is 3.48. The molecular weight excluding hydrogens is 180 g/mol. The number of anilines is 1. The van der Waals surface area contributed by atoms with E-state index in [-0.39, 0.29) is 0 Å². The Morgan fingerprint density at radius 3 is 2.86 bits per heavy atom. The normalized spacial score (nSPS) is 9.64. The summed E-state index contributed by atoms with van der Waals surface area (Å²) in [5.41, 5.74) is 8.26. The highest BCUT2D eigenvalue weighted by molar-refractivity contribution is 5.85. The minimum Gasteiger partial charge on any atom is -0.453 e. The summed E-state index contributed by atoms with van der Waals surface area (Å²) in [5.74, 6) is 0. The summed E-state index contributed by atoms with van der Waals surface area (Å²) in [4.78, 5) is 11.0. The SMILES string of the molecule is COC(=O)Nc1cccc(CN)c1C. The number of hydrogen-bond acceptors (Lipinski definition) is 3. The Labute approximate surface area is 83.1 Å². The molecule has 0 saturated heterocycles. The first-order chi connectivity index (χ1) is 6.69. The van der Waals surface area contributed by atoms with E-state index in [4.69, 9.17) is 5.73 Å². The average molecular weight is 194 g/mol. The van der Waals surface area contributed by atoms with Crippen LogP contribution in [0.5, 0.6) is 0 Å². The van der Waals surface area contributed by atoms with Gasteiger partial charge in [0, 0.05) is 12.2 Å².